The SMILES string of the molecule is CCC(O)(CC)COc1ccc(Br)c(CNCCOC)c1. The Labute approximate surface area is 136 Å². The molecule has 0 radical (unpaired) electrons. The highest BCUT2D eigenvalue weighted by molar-refractivity contribution is 9.10. The summed E-state index contributed by atoms with van der Waals surface area (Å²) in [6.45, 7) is 6.50. The van der Waals surface area contributed by atoms with Crippen LogP contribution in [0.2, 0.25) is 0 Å². The third kappa shape index (κ3) is 6.34. The fraction of sp³-hybridized carbons (Fsp3) is 0.625. The molecule has 0 aliphatic heterocycles. The third-order valence-corrected chi connectivity index (χ3v) is 4.41. The molecule has 0 aliphatic rings. The molecule has 0 amide bonds. The molecule has 5 heteroatoms. The topological polar surface area (TPSA) is 50.7 Å². The Morgan fingerprint density at radius 2 is 2.00 bits per heavy atom. The lowest BCUT2D eigenvalue weighted by Gasteiger charge is -2.25. The minimum Gasteiger partial charge on any atom is -0.491 e. The van der Waals surface area contributed by atoms with Crippen LogP contribution in [0.1, 0.15) is 32.3 Å². The maximum absolute atomic E-state index is 10.3. The summed E-state index contributed by atoms with van der Waals surface area (Å²) in [7, 11) is 1.69. The largest absolute Gasteiger partial charge is 0.491 e. The van der Waals surface area contributed by atoms with Crippen molar-refractivity contribution in [2.24, 2.45) is 0 Å². The van der Waals surface area contributed by atoms with Crippen molar-refractivity contribution < 1.29 is 14.6 Å². The van der Waals surface area contributed by atoms with Crippen LogP contribution in [0.25, 0.3) is 0 Å². The van der Waals surface area contributed by atoms with Gasteiger partial charge in [0.05, 0.1) is 12.2 Å². The minimum atomic E-state index is -0.746. The number of rotatable bonds is 10. The van der Waals surface area contributed by atoms with Gasteiger partial charge in [-0.3, -0.25) is 0 Å². The molecule has 0 aromatic heterocycles. The summed E-state index contributed by atoms with van der Waals surface area (Å²) in [6.07, 6.45) is 1.37. The molecule has 0 unspecified atom stereocenters. The van der Waals surface area contributed by atoms with Crippen LogP contribution in [0.15, 0.2) is 22.7 Å². The molecular formula is C16H26BrNO3. The molecule has 120 valence electrons. The molecule has 0 atom stereocenters. The van der Waals surface area contributed by atoms with Crippen molar-refractivity contribution in [2.75, 3.05) is 26.9 Å². The highest BCUT2D eigenvalue weighted by Gasteiger charge is 2.23. The first-order valence-electron chi connectivity index (χ1n) is 7.38. The van der Waals surface area contributed by atoms with Crippen molar-refractivity contribution >= 4 is 15.9 Å². The normalized spacial score (nSPS) is 11.7. The average Bonchev–Trinajstić information content (AvgIpc) is 2.51. The summed E-state index contributed by atoms with van der Waals surface area (Å²) in [4.78, 5) is 0. The van der Waals surface area contributed by atoms with Gasteiger partial charge in [0, 0.05) is 24.7 Å². The standard InChI is InChI=1S/C16H26BrNO3/c1-4-16(19,5-2)12-21-14-6-7-15(17)13(10-14)11-18-8-9-20-3/h6-7,10,18-19H,4-5,8-9,11-12H2,1-3H3. The van der Waals surface area contributed by atoms with Gasteiger partial charge < -0.3 is 19.9 Å². The molecule has 0 spiro atoms. The zero-order chi connectivity index (χ0) is 15.7. The Hall–Kier alpha value is -0.620. The number of nitrogens with one attached hydrogen (secondary N) is 1. The van der Waals surface area contributed by atoms with Crippen LogP contribution in [0.3, 0.4) is 0 Å². The van der Waals surface area contributed by atoms with E-state index in [4.69, 9.17) is 9.47 Å². The average molecular weight is 360 g/mol. The van der Waals surface area contributed by atoms with Crippen molar-refractivity contribution in [1.29, 1.82) is 0 Å². The van der Waals surface area contributed by atoms with Gasteiger partial charge in [-0.15, -0.1) is 0 Å². The smallest absolute Gasteiger partial charge is 0.119 e. The Balaban J connectivity index is 2.60. The predicted molar refractivity (Wildman–Crippen MR) is 88.8 cm³/mol. The first-order chi connectivity index (χ1) is 10.0. The van der Waals surface area contributed by atoms with E-state index in [-0.39, 0.29) is 0 Å². The molecule has 0 saturated carbocycles. The lowest BCUT2D eigenvalue weighted by molar-refractivity contribution is -0.0113. The van der Waals surface area contributed by atoms with Crippen LogP contribution < -0.4 is 10.1 Å². The third-order valence-electron chi connectivity index (χ3n) is 3.64. The molecule has 2 N–H and O–H groups in total. The monoisotopic (exact) mass is 359 g/mol. The second-order valence-corrected chi connectivity index (χ2v) is 6.00. The summed E-state index contributed by atoms with van der Waals surface area (Å²) in [5.41, 5.74) is 0.379. The van der Waals surface area contributed by atoms with E-state index in [1.54, 1.807) is 7.11 Å². The van der Waals surface area contributed by atoms with Crippen LogP contribution in [-0.2, 0) is 11.3 Å². The quantitative estimate of drug-likeness (QED) is 0.630. The Bertz CT molecular complexity index is 422. The van der Waals surface area contributed by atoms with E-state index >= 15 is 0 Å². The molecule has 0 fully saturated rings. The maximum Gasteiger partial charge on any atom is 0.119 e. The highest BCUT2D eigenvalue weighted by Crippen LogP contribution is 2.24. The van der Waals surface area contributed by atoms with Gasteiger partial charge in [-0.1, -0.05) is 29.8 Å². The lowest BCUT2D eigenvalue weighted by atomic mass is 9.99. The molecule has 1 rings (SSSR count). The summed E-state index contributed by atoms with van der Waals surface area (Å²) < 4.78 is 11.8. The molecule has 1 aromatic rings. The zero-order valence-corrected chi connectivity index (χ0v) is 14.7. The van der Waals surface area contributed by atoms with Gasteiger partial charge in [-0.2, -0.15) is 0 Å². The minimum absolute atomic E-state index is 0.318. The van der Waals surface area contributed by atoms with Gasteiger partial charge >= 0.3 is 0 Å². The van der Waals surface area contributed by atoms with E-state index in [2.05, 4.69) is 21.2 Å². The van der Waals surface area contributed by atoms with Gasteiger partial charge in [0.15, 0.2) is 0 Å². The molecular weight excluding hydrogens is 334 g/mol. The van der Waals surface area contributed by atoms with E-state index < -0.39 is 5.60 Å². The lowest BCUT2D eigenvalue weighted by Crippen LogP contribution is -2.34. The summed E-state index contributed by atoms with van der Waals surface area (Å²) >= 11 is 3.54. The van der Waals surface area contributed by atoms with E-state index in [1.165, 1.54) is 0 Å². The van der Waals surface area contributed by atoms with Crippen molar-refractivity contribution in [3.05, 3.63) is 28.2 Å². The summed E-state index contributed by atoms with van der Waals surface area (Å²) in [5, 5.41) is 13.6. The van der Waals surface area contributed by atoms with E-state index in [0.29, 0.717) is 26.1 Å². The number of halogens is 1. The van der Waals surface area contributed by atoms with Crippen LogP contribution >= 0.6 is 15.9 Å². The maximum atomic E-state index is 10.3. The van der Waals surface area contributed by atoms with Crippen molar-refractivity contribution in [2.45, 2.75) is 38.8 Å². The molecule has 0 saturated heterocycles. The molecule has 0 heterocycles. The van der Waals surface area contributed by atoms with Gasteiger partial charge in [0.2, 0.25) is 0 Å². The van der Waals surface area contributed by atoms with E-state index in [1.807, 2.05) is 32.0 Å². The Morgan fingerprint density at radius 3 is 2.62 bits per heavy atom. The number of methoxy groups -OCH3 is 1. The second kappa shape index (κ2) is 9.41. The van der Waals surface area contributed by atoms with Crippen molar-refractivity contribution in [3.63, 3.8) is 0 Å². The fourth-order valence-electron chi connectivity index (χ4n) is 1.85. The van der Waals surface area contributed by atoms with Crippen LogP contribution in [0, 0.1) is 0 Å². The second-order valence-electron chi connectivity index (χ2n) is 5.14. The van der Waals surface area contributed by atoms with Crippen LogP contribution in [-0.4, -0.2) is 37.6 Å². The number of ether oxygens (including phenoxy) is 2. The number of hydrogen-bond acceptors (Lipinski definition) is 4. The zero-order valence-electron chi connectivity index (χ0n) is 13.1. The highest BCUT2D eigenvalue weighted by atomic mass is 79.9. The van der Waals surface area contributed by atoms with E-state index in [9.17, 15) is 5.11 Å². The molecule has 4 nitrogen and oxygen atoms in total. The Kier molecular flexibility index (Phi) is 8.26. The number of aliphatic hydroxyl groups is 1. The number of hydrogen-bond donors (Lipinski definition) is 2. The van der Waals surface area contributed by atoms with Gasteiger partial charge in [0.1, 0.15) is 12.4 Å². The molecule has 21 heavy (non-hydrogen) atoms. The van der Waals surface area contributed by atoms with E-state index in [0.717, 1.165) is 28.9 Å². The summed E-state index contributed by atoms with van der Waals surface area (Å²) in [5.74, 6) is 0.780. The molecule has 0 aliphatic carbocycles. The van der Waals surface area contributed by atoms with Crippen molar-refractivity contribution in [1.82, 2.24) is 5.32 Å². The first kappa shape index (κ1) is 18.4. The van der Waals surface area contributed by atoms with Gasteiger partial charge in [-0.25, -0.2) is 0 Å². The fourth-order valence-corrected chi connectivity index (χ4v) is 2.23. The first-order valence-corrected chi connectivity index (χ1v) is 8.17. The molecule has 0 bridgehead atoms. The number of benzene rings is 1. The summed E-state index contributed by atoms with van der Waals surface area (Å²) in [6, 6.07) is 5.88. The van der Waals surface area contributed by atoms with Crippen LogP contribution in [0.5, 0.6) is 5.75 Å². The van der Waals surface area contributed by atoms with Gasteiger partial charge in [-0.05, 0) is 36.6 Å². The van der Waals surface area contributed by atoms with Crippen molar-refractivity contribution in [3.8, 4) is 5.75 Å². The Morgan fingerprint density at radius 1 is 1.29 bits per heavy atom. The van der Waals surface area contributed by atoms with Gasteiger partial charge in [0.25, 0.3) is 0 Å². The predicted octanol–water partition coefficient (Wildman–Crippen LogP) is 3.12. The molecule has 1 aromatic carbocycles. The van der Waals surface area contributed by atoms with Crippen LogP contribution in [0.4, 0.5) is 0 Å².